The van der Waals surface area contributed by atoms with Gasteiger partial charge in [-0.1, -0.05) is 18.2 Å². The number of furan rings is 1. The van der Waals surface area contributed by atoms with Crippen LogP contribution in [0.2, 0.25) is 0 Å². The van der Waals surface area contributed by atoms with Crippen LogP contribution in [0.1, 0.15) is 22.5 Å². The Morgan fingerprint density at radius 2 is 1.83 bits per heavy atom. The van der Waals surface area contributed by atoms with Crippen LogP contribution in [-0.2, 0) is 11.0 Å². The fourth-order valence-electron chi connectivity index (χ4n) is 2.79. The van der Waals surface area contributed by atoms with Crippen LogP contribution in [0, 0.1) is 13.8 Å². The van der Waals surface area contributed by atoms with Crippen LogP contribution in [0.4, 0.5) is 13.2 Å². The minimum absolute atomic E-state index is 0.214. The topological polar surface area (TPSA) is 63.8 Å². The normalized spacial score (nSPS) is 11.6. The zero-order valence-corrected chi connectivity index (χ0v) is 16.3. The van der Waals surface area contributed by atoms with Crippen LogP contribution >= 0.6 is 0 Å². The van der Waals surface area contributed by atoms with E-state index >= 15 is 0 Å². The molecule has 0 spiro atoms. The third-order valence-electron chi connectivity index (χ3n) is 4.05. The summed E-state index contributed by atoms with van der Waals surface area (Å²) in [7, 11) is 0. The fourth-order valence-corrected chi connectivity index (χ4v) is 2.79. The average molecular weight is 416 g/mol. The molecular weight excluding hydrogens is 397 g/mol. The van der Waals surface area contributed by atoms with E-state index in [4.69, 9.17) is 9.15 Å². The number of carbonyl (C=O) groups is 1. The molecule has 0 saturated heterocycles. The number of ether oxygens (including phenoxy) is 1. The van der Waals surface area contributed by atoms with Gasteiger partial charge >= 0.3 is 6.18 Å². The third kappa shape index (κ3) is 5.73. The molecular formula is C22H19F3N2O3. The van der Waals surface area contributed by atoms with Gasteiger partial charge in [-0.2, -0.15) is 18.3 Å². The van der Waals surface area contributed by atoms with Crippen molar-refractivity contribution in [1.29, 1.82) is 0 Å². The maximum absolute atomic E-state index is 12.8. The summed E-state index contributed by atoms with van der Waals surface area (Å²) in [4.78, 5) is 11.8. The summed E-state index contributed by atoms with van der Waals surface area (Å²) in [6.07, 6.45) is -3.18. The van der Waals surface area contributed by atoms with Crippen molar-refractivity contribution in [1.82, 2.24) is 5.43 Å². The summed E-state index contributed by atoms with van der Waals surface area (Å²) in [5, 5.41) is 3.77. The molecule has 0 unspecified atom stereocenters. The molecule has 1 N–H and O–H groups in total. The summed E-state index contributed by atoms with van der Waals surface area (Å²) < 4.78 is 49.4. The van der Waals surface area contributed by atoms with Crippen molar-refractivity contribution in [3.63, 3.8) is 0 Å². The second-order valence-corrected chi connectivity index (χ2v) is 6.69. The van der Waals surface area contributed by atoms with Crippen molar-refractivity contribution in [3.8, 4) is 17.1 Å². The standard InChI is InChI=1S/C22H19F3N2O3/c1-14-8-15(2)10-19(9-14)29-13-21(28)27-26-12-18-6-7-20(30-18)16-4-3-5-17(11-16)22(23,24)25/h3-12H,13H2,1-2H3,(H,27,28)/b26-12+. The highest BCUT2D eigenvalue weighted by Gasteiger charge is 2.30. The Labute approximate surface area is 171 Å². The van der Waals surface area contributed by atoms with Gasteiger partial charge in [0, 0.05) is 5.56 Å². The minimum Gasteiger partial charge on any atom is -0.484 e. The number of carbonyl (C=O) groups excluding carboxylic acids is 1. The van der Waals surface area contributed by atoms with Crippen LogP contribution in [-0.4, -0.2) is 18.7 Å². The summed E-state index contributed by atoms with van der Waals surface area (Å²) in [6, 6.07) is 13.5. The molecule has 0 atom stereocenters. The summed E-state index contributed by atoms with van der Waals surface area (Å²) in [6.45, 7) is 3.65. The highest BCUT2D eigenvalue weighted by atomic mass is 19.4. The predicted octanol–water partition coefficient (Wildman–Crippen LogP) is 5.11. The van der Waals surface area contributed by atoms with Gasteiger partial charge in [0.2, 0.25) is 0 Å². The maximum atomic E-state index is 12.8. The molecule has 3 aromatic rings. The van der Waals surface area contributed by atoms with Gasteiger partial charge in [0.1, 0.15) is 17.3 Å². The summed E-state index contributed by atoms with van der Waals surface area (Å²) in [5.41, 5.74) is 3.88. The Kier molecular flexibility index (Phi) is 6.25. The number of hydrogen-bond acceptors (Lipinski definition) is 4. The maximum Gasteiger partial charge on any atom is 0.416 e. The number of nitrogens with zero attached hydrogens (tertiary/aromatic N) is 1. The van der Waals surface area contributed by atoms with Crippen LogP contribution in [0.25, 0.3) is 11.3 Å². The van der Waals surface area contributed by atoms with E-state index in [0.29, 0.717) is 5.75 Å². The first kappa shape index (κ1) is 21.2. The Morgan fingerprint density at radius 3 is 2.53 bits per heavy atom. The zero-order chi connectivity index (χ0) is 21.7. The number of hydrazone groups is 1. The second kappa shape index (κ2) is 8.86. The first-order chi connectivity index (χ1) is 14.2. The molecule has 0 fully saturated rings. The van der Waals surface area contributed by atoms with E-state index in [0.717, 1.165) is 23.3 Å². The van der Waals surface area contributed by atoms with E-state index in [9.17, 15) is 18.0 Å². The molecule has 0 aliphatic heterocycles. The predicted molar refractivity (Wildman–Crippen MR) is 106 cm³/mol. The van der Waals surface area contributed by atoms with Crippen molar-refractivity contribution in [3.05, 3.63) is 77.0 Å². The molecule has 30 heavy (non-hydrogen) atoms. The number of rotatable bonds is 6. The molecule has 0 bridgehead atoms. The van der Waals surface area contributed by atoms with Crippen molar-refractivity contribution in [2.24, 2.45) is 5.10 Å². The van der Waals surface area contributed by atoms with E-state index in [1.165, 1.54) is 30.5 Å². The van der Waals surface area contributed by atoms with Gasteiger partial charge in [0.25, 0.3) is 5.91 Å². The highest BCUT2D eigenvalue weighted by Crippen LogP contribution is 2.32. The number of alkyl halides is 3. The third-order valence-corrected chi connectivity index (χ3v) is 4.05. The lowest BCUT2D eigenvalue weighted by Crippen LogP contribution is -2.24. The lowest BCUT2D eigenvalue weighted by molar-refractivity contribution is -0.137. The number of hydrogen-bond donors (Lipinski definition) is 1. The second-order valence-electron chi connectivity index (χ2n) is 6.69. The molecule has 8 heteroatoms. The molecule has 2 aromatic carbocycles. The Morgan fingerprint density at radius 1 is 1.10 bits per heavy atom. The van der Waals surface area contributed by atoms with Crippen molar-refractivity contribution >= 4 is 12.1 Å². The van der Waals surface area contributed by atoms with Gasteiger partial charge in [0.05, 0.1) is 11.8 Å². The first-order valence-corrected chi connectivity index (χ1v) is 9.01. The summed E-state index contributed by atoms with van der Waals surface area (Å²) in [5.74, 6) is 0.656. The fraction of sp³-hybridized carbons (Fsp3) is 0.182. The first-order valence-electron chi connectivity index (χ1n) is 9.01. The number of aryl methyl sites for hydroxylation is 2. The molecule has 0 radical (unpaired) electrons. The zero-order valence-electron chi connectivity index (χ0n) is 16.3. The molecule has 0 aliphatic rings. The number of amides is 1. The average Bonchev–Trinajstić information content (AvgIpc) is 3.14. The summed E-state index contributed by atoms with van der Waals surface area (Å²) >= 11 is 0. The van der Waals surface area contributed by atoms with Gasteiger partial charge in [-0.15, -0.1) is 0 Å². The van der Waals surface area contributed by atoms with Crippen molar-refractivity contribution in [2.45, 2.75) is 20.0 Å². The van der Waals surface area contributed by atoms with Gasteiger partial charge in [-0.05, 0) is 61.4 Å². The monoisotopic (exact) mass is 416 g/mol. The number of benzene rings is 2. The molecule has 1 aromatic heterocycles. The molecule has 3 rings (SSSR count). The SMILES string of the molecule is Cc1cc(C)cc(OCC(=O)N/N=C/c2ccc(-c3cccc(C(F)(F)F)c3)o2)c1. The molecule has 0 aliphatic carbocycles. The number of nitrogens with one attached hydrogen (secondary N) is 1. The Hall–Kier alpha value is -3.55. The van der Waals surface area contributed by atoms with E-state index in [2.05, 4.69) is 10.5 Å². The van der Waals surface area contributed by atoms with Gasteiger partial charge in [-0.3, -0.25) is 4.79 Å². The highest BCUT2D eigenvalue weighted by molar-refractivity contribution is 5.81. The van der Waals surface area contributed by atoms with Crippen LogP contribution < -0.4 is 10.2 Å². The molecule has 0 saturated carbocycles. The van der Waals surface area contributed by atoms with E-state index in [1.807, 2.05) is 32.0 Å². The molecule has 5 nitrogen and oxygen atoms in total. The number of halogens is 3. The minimum atomic E-state index is -4.43. The van der Waals surface area contributed by atoms with E-state index in [-0.39, 0.29) is 23.7 Å². The van der Waals surface area contributed by atoms with Gasteiger partial charge in [-0.25, -0.2) is 5.43 Å². The smallest absolute Gasteiger partial charge is 0.416 e. The lowest BCUT2D eigenvalue weighted by Gasteiger charge is -2.07. The quantitative estimate of drug-likeness (QED) is 0.449. The van der Waals surface area contributed by atoms with Gasteiger partial charge < -0.3 is 9.15 Å². The largest absolute Gasteiger partial charge is 0.484 e. The lowest BCUT2D eigenvalue weighted by atomic mass is 10.1. The van der Waals surface area contributed by atoms with E-state index in [1.54, 1.807) is 0 Å². The Balaban J connectivity index is 1.56. The van der Waals surface area contributed by atoms with Crippen molar-refractivity contribution in [2.75, 3.05) is 6.61 Å². The van der Waals surface area contributed by atoms with Crippen LogP contribution in [0.15, 0.2) is 64.1 Å². The van der Waals surface area contributed by atoms with Gasteiger partial charge in [0.15, 0.2) is 6.61 Å². The Bertz CT molecular complexity index is 1050. The van der Waals surface area contributed by atoms with E-state index < -0.39 is 17.6 Å². The molecule has 1 amide bonds. The van der Waals surface area contributed by atoms with Crippen LogP contribution in [0.5, 0.6) is 5.75 Å². The molecule has 1 heterocycles. The molecule has 156 valence electrons. The van der Waals surface area contributed by atoms with Crippen molar-refractivity contribution < 1.29 is 27.1 Å². The van der Waals surface area contributed by atoms with Crippen LogP contribution in [0.3, 0.4) is 0 Å².